The average Bonchev–Trinajstić information content (AvgIpc) is 2.84. The quantitative estimate of drug-likeness (QED) is 0.764. The van der Waals surface area contributed by atoms with Gasteiger partial charge in [-0.05, 0) is 12.1 Å². The van der Waals surface area contributed by atoms with Gasteiger partial charge in [-0.1, -0.05) is 23.7 Å². The summed E-state index contributed by atoms with van der Waals surface area (Å²) in [7, 11) is 1.81. The monoisotopic (exact) mass is 259 g/mol. The molecule has 0 amide bonds. The minimum absolute atomic E-state index is 0.599. The Morgan fingerprint density at radius 2 is 2.11 bits per heavy atom. The van der Waals surface area contributed by atoms with Gasteiger partial charge in [-0.3, -0.25) is 0 Å². The highest BCUT2D eigenvalue weighted by Crippen LogP contribution is 2.31. The molecule has 0 saturated carbocycles. The van der Waals surface area contributed by atoms with Gasteiger partial charge in [0.05, 0.1) is 5.02 Å². The van der Waals surface area contributed by atoms with Crippen molar-refractivity contribution in [3.63, 3.8) is 0 Å². The molecule has 0 aliphatic carbocycles. The molecule has 2 aromatic heterocycles. The molecule has 0 aliphatic rings. The van der Waals surface area contributed by atoms with Gasteiger partial charge in [-0.25, -0.2) is 9.97 Å². The Labute approximate surface area is 109 Å². The third-order valence-electron chi connectivity index (χ3n) is 2.67. The molecule has 1 aromatic carbocycles. The number of hydrogen-bond acceptors (Lipinski definition) is 4. The van der Waals surface area contributed by atoms with Crippen LogP contribution in [0.25, 0.3) is 22.4 Å². The first-order chi connectivity index (χ1) is 8.78. The van der Waals surface area contributed by atoms with Gasteiger partial charge in [0.25, 0.3) is 0 Å². The van der Waals surface area contributed by atoms with Crippen LogP contribution in [0.2, 0.25) is 5.02 Å². The number of furan rings is 1. The van der Waals surface area contributed by atoms with Gasteiger partial charge >= 0.3 is 0 Å². The number of nitrogens with one attached hydrogen (secondary N) is 1. The summed E-state index contributed by atoms with van der Waals surface area (Å²) in [5.41, 5.74) is 1.40. The van der Waals surface area contributed by atoms with Crippen LogP contribution < -0.4 is 5.32 Å². The van der Waals surface area contributed by atoms with Crippen LogP contribution in [0.3, 0.4) is 0 Å². The fourth-order valence-electron chi connectivity index (χ4n) is 1.78. The summed E-state index contributed by atoms with van der Waals surface area (Å²) in [5.74, 6) is 1.42. The molecule has 3 rings (SSSR count). The minimum Gasteiger partial charge on any atom is -0.453 e. The van der Waals surface area contributed by atoms with Crippen molar-refractivity contribution in [2.75, 3.05) is 12.4 Å². The summed E-state index contributed by atoms with van der Waals surface area (Å²) in [4.78, 5) is 8.26. The summed E-state index contributed by atoms with van der Waals surface area (Å²) >= 11 is 6.08. The zero-order valence-electron chi connectivity index (χ0n) is 9.64. The number of benzene rings is 1. The van der Waals surface area contributed by atoms with Crippen LogP contribution in [0.4, 0.5) is 5.82 Å². The number of anilines is 1. The van der Waals surface area contributed by atoms with Crippen LogP contribution in [0.1, 0.15) is 0 Å². The Balaban J connectivity index is 2.16. The van der Waals surface area contributed by atoms with E-state index < -0.39 is 0 Å². The lowest BCUT2D eigenvalue weighted by molar-refractivity contribution is 0.628. The summed E-state index contributed by atoms with van der Waals surface area (Å²) in [6.45, 7) is 0. The largest absolute Gasteiger partial charge is 0.453 e. The van der Waals surface area contributed by atoms with Crippen molar-refractivity contribution in [1.29, 1.82) is 0 Å². The zero-order chi connectivity index (χ0) is 12.5. The molecule has 0 aliphatic heterocycles. The van der Waals surface area contributed by atoms with E-state index in [1.54, 1.807) is 6.07 Å². The second-order valence-corrected chi connectivity index (χ2v) is 4.21. The van der Waals surface area contributed by atoms with E-state index in [9.17, 15) is 0 Å². The molecule has 0 fully saturated rings. The maximum atomic E-state index is 6.08. The Morgan fingerprint density at radius 3 is 2.89 bits per heavy atom. The number of rotatable bonds is 2. The summed E-state index contributed by atoms with van der Waals surface area (Å²) in [5, 5.41) is 4.52. The molecule has 2 heterocycles. The number of para-hydroxylation sites is 1. The topological polar surface area (TPSA) is 51.0 Å². The van der Waals surface area contributed by atoms with E-state index in [-0.39, 0.29) is 0 Å². The van der Waals surface area contributed by atoms with Crippen molar-refractivity contribution in [3.8, 4) is 11.5 Å². The Hall–Kier alpha value is -2.07. The van der Waals surface area contributed by atoms with E-state index in [0.717, 1.165) is 16.9 Å². The molecule has 3 aromatic rings. The van der Waals surface area contributed by atoms with E-state index in [1.807, 2.05) is 31.3 Å². The maximum Gasteiger partial charge on any atom is 0.154 e. The average molecular weight is 260 g/mol. The molecular formula is C13H10ClN3O. The Kier molecular flexibility index (Phi) is 2.64. The van der Waals surface area contributed by atoms with Gasteiger partial charge in [0.2, 0.25) is 0 Å². The number of hydrogen-bond donors (Lipinski definition) is 1. The van der Waals surface area contributed by atoms with Crippen molar-refractivity contribution in [1.82, 2.24) is 9.97 Å². The first-order valence-corrected chi connectivity index (χ1v) is 5.84. The molecule has 0 saturated heterocycles. The van der Waals surface area contributed by atoms with E-state index in [2.05, 4.69) is 15.3 Å². The van der Waals surface area contributed by atoms with Crippen LogP contribution in [0, 0.1) is 0 Å². The van der Waals surface area contributed by atoms with Crippen LogP contribution in [-0.2, 0) is 0 Å². The molecule has 4 nitrogen and oxygen atoms in total. The van der Waals surface area contributed by atoms with Gasteiger partial charge in [-0.2, -0.15) is 0 Å². The fourth-order valence-corrected chi connectivity index (χ4v) is 2.00. The number of fused-ring (bicyclic) bond motifs is 1. The molecule has 0 bridgehead atoms. The van der Waals surface area contributed by atoms with E-state index in [0.29, 0.717) is 16.4 Å². The normalized spacial score (nSPS) is 10.8. The highest BCUT2D eigenvalue weighted by atomic mass is 35.5. The number of halogens is 1. The molecule has 0 atom stereocenters. The Bertz CT molecular complexity index is 708. The third kappa shape index (κ3) is 1.80. The highest BCUT2D eigenvalue weighted by Gasteiger charge is 2.10. The molecule has 1 N–H and O–H groups in total. The summed E-state index contributed by atoms with van der Waals surface area (Å²) in [6.07, 6.45) is 1.50. The summed E-state index contributed by atoms with van der Waals surface area (Å²) < 4.78 is 5.73. The molecule has 18 heavy (non-hydrogen) atoms. The smallest absolute Gasteiger partial charge is 0.154 e. The van der Waals surface area contributed by atoms with Gasteiger partial charge < -0.3 is 9.73 Å². The standard InChI is InChI=1S/C13H10ClN3O/c1-15-12-6-10(16-7-17-12)11-5-8-3-2-4-9(14)13(8)18-11/h2-7H,1H3,(H,15,16,17). The van der Waals surface area contributed by atoms with Crippen LogP contribution >= 0.6 is 11.6 Å². The van der Waals surface area contributed by atoms with Crippen LogP contribution in [0.15, 0.2) is 41.1 Å². The summed E-state index contributed by atoms with van der Waals surface area (Å²) in [6, 6.07) is 9.39. The first-order valence-electron chi connectivity index (χ1n) is 5.46. The molecule has 0 spiro atoms. The van der Waals surface area contributed by atoms with Gasteiger partial charge in [0, 0.05) is 18.5 Å². The fraction of sp³-hybridized carbons (Fsp3) is 0.0769. The van der Waals surface area contributed by atoms with Crippen molar-refractivity contribution >= 4 is 28.4 Å². The van der Waals surface area contributed by atoms with Gasteiger partial charge in [-0.15, -0.1) is 0 Å². The predicted molar refractivity (Wildman–Crippen MR) is 71.8 cm³/mol. The first kappa shape index (κ1) is 11.0. The van der Waals surface area contributed by atoms with E-state index >= 15 is 0 Å². The zero-order valence-corrected chi connectivity index (χ0v) is 10.4. The van der Waals surface area contributed by atoms with Gasteiger partial charge in [0.1, 0.15) is 17.8 Å². The molecule has 0 radical (unpaired) electrons. The Morgan fingerprint density at radius 1 is 1.22 bits per heavy atom. The number of nitrogens with zero attached hydrogens (tertiary/aromatic N) is 2. The minimum atomic E-state index is 0.599. The lowest BCUT2D eigenvalue weighted by Gasteiger charge is -1.99. The van der Waals surface area contributed by atoms with Crippen molar-refractivity contribution < 1.29 is 4.42 Å². The highest BCUT2D eigenvalue weighted by molar-refractivity contribution is 6.34. The lowest BCUT2D eigenvalue weighted by Crippen LogP contribution is -1.93. The predicted octanol–water partition coefficient (Wildman–Crippen LogP) is 3.58. The van der Waals surface area contributed by atoms with Crippen molar-refractivity contribution in [3.05, 3.63) is 41.7 Å². The number of aromatic nitrogens is 2. The third-order valence-corrected chi connectivity index (χ3v) is 2.97. The van der Waals surface area contributed by atoms with Gasteiger partial charge in [0.15, 0.2) is 11.3 Å². The molecule has 5 heteroatoms. The molecule has 90 valence electrons. The second kappa shape index (κ2) is 4.31. The van der Waals surface area contributed by atoms with Crippen molar-refractivity contribution in [2.24, 2.45) is 0 Å². The second-order valence-electron chi connectivity index (χ2n) is 3.81. The lowest BCUT2D eigenvalue weighted by atomic mass is 10.2. The molecule has 0 unspecified atom stereocenters. The van der Waals surface area contributed by atoms with Crippen molar-refractivity contribution in [2.45, 2.75) is 0 Å². The van der Waals surface area contributed by atoms with E-state index in [4.69, 9.17) is 16.0 Å². The van der Waals surface area contributed by atoms with Crippen LogP contribution in [0.5, 0.6) is 0 Å². The van der Waals surface area contributed by atoms with Crippen LogP contribution in [-0.4, -0.2) is 17.0 Å². The molecular weight excluding hydrogens is 250 g/mol. The SMILES string of the molecule is CNc1cc(-c2cc3cccc(Cl)c3o2)ncn1. The van der Waals surface area contributed by atoms with E-state index in [1.165, 1.54) is 6.33 Å². The maximum absolute atomic E-state index is 6.08.